The largest absolute Gasteiger partial charge is 0.397 e. The van der Waals surface area contributed by atoms with Crippen molar-refractivity contribution in [2.45, 2.75) is 19.4 Å². The zero-order valence-electron chi connectivity index (χ0n) is 10.6. The highest BCUT2D eigenvalue weighted by Gasteiger charge is 2.22. The molecule has 0 fully saturated rings. The fourth-order valence-electron chi connectivity index (χ4n) is 1.63. The van der Waals surface area contributed by atoms with Crippen molar-refractivity contribution in [3.8, 4) is 12.3 Å². The van der Waals surface area contributed by atoms with E-state index in [1.54, 1.807) is 26.0 Å². The molecule has 0 aliphatic carbocycles. The van der Waals surface area contributed by atoms with Crippen molar-refractivity contribution in [3.05, 3.63) is 28.1 Å². The van der Waals surface area contributed by atoms with E-state index in [9.17, 15) is 4.79 Å². The topological polar surface area (TPSA) is 55.1 Å². The number of nitrogens with two attached hydrogens (primary N) is 1. The lowest BCUT2D eigenvalue weighted by atomic mass is 10.1. The van der Waals surface area contributed by atoms with Gasteiger partial charge in [0, 0.05) is 15.1 Å². The number of hydrogen-bond acceptors (Lipinski definition) is 3. The number of rotatable bonds is 2. The van der Waals surface area contributed by atoms with Gasteiger partial charge in [0.15, 0.2) is 0 Å². The summed E-state index contributed by atoms with van der Waals surface area (Å²) in [5.74, 6) is 2.25. The van der Waals surface area contributed by atoms with E-state index in [1.807, 2.05) is 6.07 Å². The lowest BCUT2D eigenvalue weighted by Crippen LogP contribution is -2.41. The second-order valence-corrected chi connectivity index (χ2v) is 6.20. The van der Waals surface area contributed by atoms with E-state index in [0.717, 1.165) is 10.1 Å². The third-order valence-corrected chi connectivity index (χ3v) is 4.10. The maximum atomic E-state index is 12.2. The second-order valence-electron chi connectivity index (χ2n) is 4.71. The Balaban J connectivity index is 2.44. The minimum Gasteiger partial charge on any atom is -0.397 e. The summed E-state index contributed by atoms with van der Waals surface area (Å²) >= 11 is 7.26. The van der Waals surface area contributed by atoms with Gasteiger partial charge in [0.1, 0.15) is 4.88 Å². The number of anilines is 1. The Morgan fingerprint density at radius 2 is 2.21 bits per heavy atom. The van der Waals surface area contributed by atoms with Crippen LogP contribution in [0.2, 0.25) is 5.02 Å². The Hall–Kier alpha value is -1.70. The minimum atomic E-state index is -0.711. The number of fused-ring (bicyclic) bond motifs is 1. The number of carbonyl (C=O) groups is 1. The average Bonchev–Trinajstić information content (AvgIpc) is 2.66. The van der Waals surface area contributed by atoms with Crippen molar-refractivity contribution < 1.29 is 4.79 Å². The molecule has 0 radical (unpaired) electrons. The molecule has 1 aromatic carbocycles. The summed E-state index contributed by atoms with van der Waals surface area (Å²) in [7, 11) is 0. The van der Waals surface area contributed by atoms with Crippen LogP contribution in [0.15, 0.2) is 18.2 Å². The molecule has 5 heteroatoms. The van der Waals surface area contributed by atoms with Crippen molar-refractivity contribution in [1.82, 2.24) is 5.32 Å². The van der Waals surface area contributed by atoms with E-state index < -0.39 is 5.54 Å². The molecule has 1 amide bonds. The predicted molar refractivity (Wildman–Crippen MR) is 81.6 cm³/mol. The monoisotopic (exact) mass is 292 g/mol. The van der Waals surface area contributed by atoms with Gasteiger partial charge in [-0.1, -0.05) is 17.5 Å². The van der Waals surface area contributed by atoms with Crippen LogP contribution in [0.5, 0.6) is 0 Å². The Morgan fingerprint density at radius 3 is 2.84 bits per heavy atom. The van der Waals surface area contributed by atoms with Crippen LogP contribution in [0.1, 0.15) is 23.5 Å². The van der Waals surface area contributed by atoms with Gasteiger partial charge in [0.2, 0.25) is 0 Å². The van der Waals surface area contributed by atoms with Crippen LogP contribution in [-0.2, 0) is 0 Å². The molecule has 0 bridgehead atoms. The minimum absolute atomic E-state index is 0.266. The molecule has 1 heterocycles. The number of halogens is 1. The lowest BCUT2D eigenvalue weighted by Gasteiger charge is -2.19. The summed E-state index contributed by atoms with van der Waals surface area (Å²) < 4.78 is 0.922. The Kier molecular flexibility index (Phi) is 3.44. The number of thiophene rings is 1. The van der Waals surface area contributed by atoms with Crippen LogP contribution in [0.25, 0.3) is 10.1 Å². The van der Waals surface area contributed by atoms with Gasteiger partial charge < -0.3 is 11.1 Å². The van der Waals surface area contributed by atoms with Crippen molar-refractivity contribution in [2.75, 3.05) is 5.73 Å². The van der Waals surface area contributed by atoms with E-state index in [4.69, 9.17) is 23.8 Å². The highest BCUT2D eigenvalue weighted by molar-refractivity contribution is 7.21. The molecular weight excluding hydrogens is 280 g/mol. The highest BCUT2D eigenvalue weighted by atomic mass is 35.5. The quantitative estimate of drug-likeness (QED) is 0.835. The molecule has 0 saturated heterocycles. The van der Waals surface area contributed by atoms with E-state index >= 15 is 0 Å². The molecule has 0 aliphatic heterocycles. The maximum absolute atomic E-state index is 12.2. The first-order valence-electron chi connectivity index (χ1n) is 5.62. The summed E-state index contributed by atoms with van der Waals surface area (Å²) in [5, 5.41) is 4.14. The molecule has 98 valence electrons. The molecule has 3 N–H and O–H groups in total. The van der Waals surface area contributed by atoms with Crippen molar-refractivity contribution in [3.63, 3.8) is 0 Å². The van der Waals surface area contributed by atoms with Crippen LogP contribution in [0.4, 0.5) is 5.69 Å². The van der Waals surface area contributed by atoms with Gasteiger partial charge >= 0.3 is 0 Å². The molecule has 0 atom stereocenters. The van der Waals surface area contributed by atoms with Crippen LogP contribution in [0.3, 0.4) is 0 Å². The summed E-state index contributed by atoms with van der Waals surface area (Å²) in [6, 6.07) is 5.38. The van der Waals surface area contributed by atoms with Gasteiger partial charge in [-0.15, -0.1) is 17.8 Å². The van der Waals surface area contributed by atoms with Crippen molar-refractivity contribution in [1.29, 1.82) is 0 Å². The van der Waals surface area contributed by atoms with Gasteiger partial charge in [-0.2, -0.15) is 0 Å². The zero-order valence-corrected chi connectivity index (χ0v) is 12.2. The molecule has 3 nitrogen and oxygen atoms in total. The number of terminal acetylenes is 1. The third kappa shape index (κ3) is 2.67. The lowest BCUT2D eigenvalue weighted by molar-refractivity contribution is 0.0935. The first-order chi connectivity index (χ1) is 8.84. The van der Waals surface area contributed by atoms with Crippen molar-refractivity contribution >= 4 is 44.6 Å². The number of carbonyl (C=O) groups excluding carboxylic acids is 1. The van der Waals surface area contributed by atoms with Gasteiger partial charge in [-0.25, -0.2) is 0 Å². The highest BCUT2D eigenvalue weighted by Crippen LogP contribution is 2.35. The number of nitrogens with one attached hydrogen (secondary N) is 1. The average molecular weight is 293 g/mol. The van der Waals surface area contributed by atoms with Crippen molar-refractivity contribution in [2.24, 2.45) is 0 Å². The Bertz CT molecular complexity index is 697. The number of amides is 1. The standard InChI is InChI=1S/C14H13ClN2OS/c1-4-14(2,3)17-13(18)12-11(16)9-7-8(15)5-6-10(9)19-12/h1,5-7H,16H2,2-3H3,(H,17,18). The molecular formula is C14H13ClN2OS. The SMILES string of the molecule is C#CC(C)(C)NC(=O)c1sc2ccc(Cl)cc2c1N. The van der Waals surface area contributed by atoms with Crippen LogP contribution < -0.4 is 11.1 Å². The third-order valence-electron chi connectivity index (χ3n) is 2.68. The van der Waals surface area contributed by atoms with E-state index in [-0.39, 0.29) is 5.91 Å². The summed E-state index contributed by atoms with van der Waals surface area (Å²) in [6.45, 7) is 3.51. The smallest absolute Gasteiger partial charge is 0.264 e. The first kappa shape index (κ1) is 13.7. The summed E-state index contributed by atoms with van der Waals surface area (Å²) in [6.07, 6.45) is 5.36. The molecule has 2 rings (SSSR count). The molecule has 1 aromatic heterocycles. The molecule has 0 spiro atoms. The Morgan fingerprint density at radius 1 is 1.53 bits per heavy atom. The zero-order chi connectivity index (χ0) is 14.2. The molecule has 19 heavy (non-hydrogen) atoms. The fraction of sp³-hybridized carbons (Fsp3) is 0.214. The van der Waals surface area contributed by atoms with Crippen LogP contribution in [0, 0.1) is 12.3 Å². The van der Waals surface area contributed by atoms with E-state index in [1.165, 1.54) is 11.3 Å². The normalized spacial score (nSPS) is 11.3. The van der Waals surface area contributed by atoms with Gasteiger partial charge in [-0.3, -0.25) is 4.79 Å². The Labute approximate surface area is 120 Å². The predicted octanol–water partition coefficient (Wildman–Crippen LogP) is 3.28. The van der Waals surface area contributed by atoms with Gasteiger partial charge in [0.25, 0.3) is 5.91 Å². The first-order valence-corrected chi connectivity index (χ1v) is 6.81. The maximum Gasteiger partial charge on any atom is 0.264 e. The molecule has 0 unspecified atom stereocenters. The van der Waals surface area contributed by atoms with Gasteiger partial charge in [-0.05, 0) is 32.0 Å². The number of hydrogen-bond donors (Lipinski definition) is 2. The second kappa shape index (κ2) is 4.76. The summed E-state index contributed by atoms with van der Waals surface area (Å²) in [5.41, 5.74) is 5.74. The molecule has 0 aliphatic rings. The molecule has 2 aromatic rings. The van der Waals surface area contributed by atoms with E-state index in [0.29, 0.717) is 15.6 Å². The molecule has 0 saturated carbocycles. The van der Waals surface area contributed by atoms with Gasteiger partial charge in [0.05, 0.1) is 11.2 Å². The summed E-state index contributed by atoms with van der Waals surface area (Å²) in [4.78, 5) is 12.6. The van der Waals surface area contributed by atoms with Crippen LogP contribution >= 0.6 is 22.9 Å². The fourth-order valence-corrected chi connectivity index (χ4v) is 2.80. The number of nitrogen functional groups attached to an aromatic ring is 1. The van der Waals surface area contributed by atoms with Crippen LogP contribution in [-0.4, -0.2) is 11.4 Å². The van der Waals surface area contributed by atoms with E-state index in [2.05, 4.69) is 11.2 Å². The number of benzene rings is 1.